The summed E-state index contributed by atoms with van der Waals surface area (Å²) in [4.78, 5) is 17.5. The van der Waals surface area contributed by atoms with Gasteiger partial charge in [-0.3, -0.25) is 9.78 Å². The summed E-state index contributed by atoms with van der Waals surface area (Å²) < 4.78 is 0. The fraction of sp³-hybridized carbons (Fsp3) is 0.625. The predicted molar refractivity (Wildman–Crippen MR) is 84.4 cm³/mol. The van der Waals surface area contributed by atoms with Crippen molar-refractivity contribution in [3.63, 3.8) is 0 Å². The molecule has 1 aromatic rings. The Balaban J connectivity index is 2.19. The fourth-order valence-electron chi connectivity index (χ4n) is 2.18. The van der Waals surface area contributed by atoms with Gasteiger partial charge in [0.15, 0.2) is 0 Å². The van der Waals surface area contributed by atoms with Crippen molar-refractivity contribution in [1.82, 2.24) is 15.2 Å². The highest BCUT2D eigenvalue weighted by Crippen LogP contribution is 2.14. The van der Waals surface area contributed by atoms with E-state index in [0.717, 1.165) is 32.4 Å². The van der Waals surface area contributed by atoms with Gasteiger partial charge in [0.25, 0.3) is 0 Å². The maximum absolute atomic E-state index is 11.2. The van der Waals surface area contributed by atoms with Crippen LogP contribution in [0.1, 0.15) is 31.7 Å². The van der Waals surface area contributed by atoms with Crippen molar-refractivity contribution >= 4 is 5.97 Å². The molecule has 0 fully saturated rings. The van der Waals surface area contributed by atoms with Crippen LogP contribution in [0.4, 0.5) is 0 Å². The molecule has 21 heavy (non-hydrogen) atoms. The number of nitrogens with one attached hydrogen (secondary N) is 1. The van der Waals surface area contributed by atoms with Crippen LogP contribution >= 0.6 is 0 Å². The van der Waals surface area contributed by atoms with E-state index < -0.39 is 11.5 Å². The van der Waals surface area contributed by atoms with Crippen molar-refractivity contribution in [2.24, 2.45) is 0 Å². The van der Waals surface area contributed by atoms with Gasteiger partial charge in [0.05, 0.1) is 0 Å². The van der Waals surface area contributed by atoms with Crippen LogP contribution < -0.4 is 5.32 Å². The molecule has 2 N–H and O–H groups in total. The van der Waals surface area contributed by atoms with E-state index >= 15 is 0 Å². The third kappa shape index (κ3) is 6.23. The van der Waals surface area contributed by atoms with Crippen LogP contribution in [0.3, 0.4) is 0 Å². The molecular weight excluding hydrogens is 266 g/mol. The molecule has 0 spiro atoms. The summed E-state index contributed by atoms with van der Waals surface area (Å²) in [6.45, 7) is 3.74. The average molecular weight is 293 g/mol. The summed E-state index contributed by atoms with van der Waals surface area (Å²) in [6.07, 6.45) is 7.22. The molecule has 5 nitrogen and oxygen atoms in total. The number of likely N-dealkylation sites (N-methyl/N-ethyl adjacent to an activating group) is 2. The summed E-state index contributed by atoms with van der Waals surface area (Å²) >= 11 is 0. The van der Waals surface area contributed by atoms with Gasteiger partial charge in [0, 0.05) is 18.9 Å². The van der Waals surface area contributed by atoms with Gasteiger partial charge >= 0.3 is 5.97 Å². The molecule has 5 heteroatoms. The lowest BCUT2D eigenvalue weighted by molar-refractivity contribution is -0.144. The van der Waals surface area contributed by atoms with Crippen LogP contribution in [0.2, 0.25) is 0 Å². The zero-order chi connectivity index (χ0) is 15.7. The Bertz CT molecular complexity index is 425. The van der Waals surface area contributed by atoms with E-state index in [0.29, 0.717) is 6.42 Å². The minimum Gasteiger partial charge on any atom is -0.480 e. The molecule has 0 saturated carbocycles. The first kappa shape index (κ1) is 17.6. The molecule has 1 rings (SSSR count). The summed E-state index contributed by atoms with van der Waals surface area (Å²) in [5.74, 6) is -0.781. The normalized spacial score (nSPS) is 14.1. The Morgan fingerprint density at radius 2 is 2.00 bits per heavy atom. The van der Waals surface area contributed by atoms with E-state index in [2.05, 4.69) is 22.2 Å². The fourth-order valence-corrected chi connectivity index (χ4v) is 2.18. The van der Waals surface area contributed by atoms with Crippen LogP contribution in [-0.4, -0.2) is 53.7 Å². The summed E-state index contributed by atoms with van der Waals surface area (Å²) in [5, 5.41) is 12.1. The largest absolute Gasteiger partial charge is 0.480 e. The van der Waals surface area contributed by atoms with Gasteiger partial charge in [-0.1, -0.05) is 0 Å². The third-order valence-corrected chi connectivity index (χ3v) is 4.02. The van der Waals surface area contributed by atoms with Crippen molar-refractivity contribution in [2.75, 3.05) is 27.2 Å². The molecule has 0 amide bonds. The van der Waals surface area contributed by atoms with Crippen LogP contribution in [0.25, 0.3) is 0 Å². The molecule has 0 aromatic carbocycles. The highest BCUT2D eigenvalue weighted by atomic mass is 16.4. The van der Waals surface area contributed by atoms with Gasteiger partial charge in [-0.2, -0.15) is 0 Å². The predicted octanol–water partition coefficient (Wildman–Crippen LogP) is 1.79. The second-order valence-corrected chi connectivity index (χ2v) is 5.75. The number of pyridine rings is 1. The first-order valence-electron chi connectivity index (χ1n) is 7.47. The summed E-state index contributed by atoms with van der Waals surface area (Å²) in [7, 11) is 3.81. The second-order valence-electron chi connectivity index (χ2n) is 5.75. The maximum Gasteiger partial charge on any atom is 0.323 e. The number of aliphatic carboxylic acids is 1. The highest BCUT2D eigenvalue weighted by Gasteiger charge is 2.29. The Morgan fingerprint density at radius 3 is 2.57 bits per heavy atom. The van der Waals surface area contributed by atoms with Gasteiger partial charge in [-0.25, -0.2) is 0 Å². The first-order valence-corrected chi connectivity index (χ1v) is 7.47. The van der Waals surface area contributed by atoms with Crippen LogP contribution in [-0.2, 0) is 11.2 Å². The lowest BCUT2D eigenvalue weighted by atomic mass is 9.95. The molecule has 118 valence electrons. The molecule has 0 aliphatic rings. The number of nitrogens with zero attached hydrogens (tertiary/aromatic N) is 2. The Kier molecular flexibility index (Phi) is 7.32. The molecule has 1 aromatic heterocycles. The van der Waals surface area contributed by atoms with Gasteiger partial charge in [-0.05, 0) is 70.9 Å². The Morgan fingerprint density at radius 1 is 1.33 bits per heavy atom. The number of aromatic nitrogens is 1. The summed E-state index contributed by atoms with van der Waals surface area (Å²) in [5.41, 5.74) is 0.487. The topological polar surface area (TPSA) is 65.5 Å². The number of carboxylic acids is 1. The molecule has 0 aliphatic heterocycles. The zero-order valence-corrected chi connectivity index (χ0v) is 13.3. The maximum atomic E-state index is 11.2. The average Bonchev–Trinajstić information content (AvgIpc) is 2.50. The third-order valence-electron chi connectivity index (χ3n) is 4.02. The second kappa shape index (κ2) is 8.74. The van der Waals surface area contributed by atoms with E-state index in [9.17, 15) is 9.90 Å². The summed E-state index contributed by atoms with van der Waals surface area (Å²) in [6, 6.07) is 4.08. The quantitative estimate of drug-likeness (QED) is 0.644. The number of unbranched alkanes of at least 4 members (excludes halogenated alkanes) is 1. The Labute approximate surface area is 127 Å². The SMILES string of the molecule is CNC(C)(CCCCN(C)CCc1ccncc1)C(=O)O. The van der Waals surface area contributed by atoms with Crippen LogP contribution in [0.15, 0.2) is 24.5 Å². The van der Waals surface area contributed by atoms with Crippen molar-refractivity contribution in [2.45, 2.75) is 38.1 Å². The number of carbonyl (C=O) groups is 1. The minimum absolute atomic E-state index is 0.650. The highest BCUT2D eigenvalue weighted by molar-refractivity contribution is 5.78. The van der Waals surface area contributed by atoms with Gasteiger partial charge in [0.1, 0.15) is 5.54 Å². The minimum atomic E-state index is -0.810. The monoisotopic (exact) mass is 293 g/mol. The van der Waals surface area contributed by atoms with E-state index in [-0.39, 0.29) is 0 Å². The van der Waals surface area contributed by atoms with Crippen molar-refractivity contribution in [3.05, 3.63) is 30.1 Å². The lowest BCUT2D eigenvalue weighted by Crippen LogP contribution is -2.47. The van der Waals surface area contributed by atoms with Crippen LogP contribution in [0, 0.1) is 0 Å². The van der Waals surface area contributed by atoms with E-state index in [1.54, 1.807) is 14.0 Å². The van der Waals surface area contributed by atoms with Gasteiger partial charge in [-0.15, -0.1) is 0 Å². The smallest absolute Gasteiger partial charge is 0.323 e. The molecular formula is C16H27N3O2. The molecule has 0 aliphatic carbocycles. The lowest BCUT2D eigenvalue weighted by Gasteiger charge is -2.24. The number of carboxylic acid groups (broad SMARTS) is 1. The zero-order valence-electron chi connectivity index (χ0n) is 13.3. The van der Waals surface area contributed by atoms with Crippen molar-refractivity contribution < 1.29 is 9.90 Å². The molecule has 0 saturated heterocycles. The van der Waals surface area contributed by atoms with E-state index in [1.165, 1.54) is 5.56 Å². The molecule has 1 unspecified atom stereocenters. The number of rotatable bonds is 10. The molecule has 0 radical (unpaired) electrons. The van der Waals surface area contributed by atoms with Gasteiger partial charge in [0.2, 0.25) is 0 Å². The van der Waals surface area contributed by atoms with Gasteiger partial charge < -0.3 is 15.3 Å². The first-order chi connectivity index (χ1) is 9.98. The van der Waals surface area contributed by atoms with Crippen molar-refractivity contribution in [1.29, 1.82) is 0 Å². The van der Waals surface area contributed by atoms with E-state index in [1.807, 2.05) is 24.5 Å². The molecule has 0 bridgehead atoms. The molecule has 1 atom stereocenters. The molecule has 1 heterocycles. The number of hydrogen-bond donors (Lipinski definition) is 2. The number of hydrogen-bond acceptors (Lipinski definition) is 4. The van der Waals surface area contributed by atoms with E-state index in [4.69, 9.17) is 0 Å². The standard InChI is InChI=1S/C16H27N3O2/c1-16(17-2,15(20)21)9-4-5-12-19(3)13-8-14-6-10-18-11-7-14/h6-7,10-11,17H,4-5,8-9,12-13H2,1-3H3,(H,20,21). The van der Waals surface area contributed by atoms with Crippen LogP contribution in [0.5, 0.6) is 0 Å². The Hall–Kier alpha value is -1.46. The van der Waals surface area contributed by atoms with Crippen molar-refractivity contribution in [3.8, 4) is 0 Å².